The summed E-state index contributed by atoms with van der Waals surface area (Å²) in [7, 11) is 2.20. The third-order valence-corrected chi connectivity index (χ3v) is 9.30. The Kier molecular flexibility index (Phi) is 5.46. The summed E-state index contributed by atoms with van der Waals surface area (Å²) in [5.74, 6) is 2.77. The largest absolute Gasteiger partial charge is 0.379 e. The molecule has 7 rings (SSSR count). The highest BCUT2D eigenvalue weighted by atomic mass is 16.5. The van der Waals surface area contributed by atoms with Crippen LogP contribution in [0, 0.1) is 23.2 Å². The van der Waals surface area contributed by atoms with Gasteiger partial charge in [-0.25, -0.2) is 0 Å². The lowest BCUT2D eigenvalue weighted by Gasteiger charge is -2.55. The number of amides is 1. The van der Waals surface area contributed by atoms with Crippen molar-refractivity contribution in [1.29, 1.82) is 0 Å². The Bertz CT molecular complexity index is 827. The molecule has 0 radical (unpaired) electrons. The molecule has 4 bridgehead atoms. The van der Waals surface area contributed by atoms with Gasteiger partial charge in [0.15, 0.2) is 0 Å². The second-order valence-electron chi connectivity index (χ2n) is 11.5. The summed E-state index contributed by atoms with van der Waals surface area (Å²) >= 11 is 0. The first kappa shape index (κ1) is 21.0. The van der Waals surface area contributed by atoms with Crippen molar-refractivity contribution in [3.63, 3.8) is 0 Å². The number of hydrogen-bond donors (Lipinski definition) is 1. The Hall–Kier alpha value is -1.59. The summed E-state index contributed by atoms with van der Waals surface area (Å²) in [5, 5.41) is 3.49. The molecule has 5 fully saturated rings. The lowest BCUT2D eigenvalue weighted by molar-refractivity contribution is -0.146. The number of fused-ring (bicyclic) bond motifs is 1. The second-order valence-corrected chi connectivity index (χ2v) is 11.5. The molecule has 0 aromatic heterocycles. The van der Waals surface area contributed by atoms with E-state index in [2.05, 4.69) is 40.4 Å². The van der Waals surface area contributed by atoms with Crippen LogP contribution >= 0.6 is 0 Å². The van der Waals surface area contributed by atoms with Gasteiger partial charge in [0.05, 0.1) is 19.3 Å². The van der Waals surface area contributed by atoms with E-state index in [1.54, 1.807) is 0 Å². The summed E-state index contributed by atoms with van der Waals surface area (Å²) in [6.07, 6.45) is 9.93. The van der Waals surface area contributed by atoms with Gasteiger partial charge >= 0.3 is 0 Å². The first-order valence-electron chi connectivity index (χ1n) is 13.0. The van der Waals surface area contributed by atoms with Gasteiger partial charge in [-0.1, -0.05) is 12.1 Å². The molecule has 1 amide bonds. The van der Waals surface area contributed by atoms with Crippen molar-refractivity contribution in [3.05, 3.63) is 29.3 Å². The van der Waals surface area contributed by atoms with E-state index < -0.39 is 0 Å². The van der Waals surface area contributed by atoms with Crippen LogP contribution in [0.5, 0.6) is 0 Å². The van der Waals surface area contributed by atoms with Gasteiger partial charge in [-0.2, -0.15) is 0 Å². The Morgan fingerprint density at radius 2 is 1.78 bits per heavy atom. The van der Waals surface area contributed by atoms with Crippen molar-refractivity contribution < 1.29 is 9.53 Å². The Labute approximate surface area is 192 Å². The summed E-state index contributed by atoms with van der Waals surface area (Å²) in [6.45, 7) is 5.31. The van der Waals surface area contributed by atoms with E-state index in [1.807, 2.05) is 0 Å². The second kappa shape index (κ2) is 8.32. The number of hydrogen-bond acceptors (Lipinski definition) is 4. The van der Waals surface area contributed by atoms with Crippen molar-refractivity contribution in [2.45, 2.75) is 57.4 Å². The third-order valence-electron chi connectivity index (χ3n) is 9.30. The van der Waals surface area contributed by atoms with Gasteiger partial charge < -0.3 is 15.0 Å². The number of anilines is 1. The number of benzene rings is 1. The van der Waals surface area contributed by atoms with Gasteiger partial charge in [0.1, 0.15) is 0 Å². The average molecular weight is 438 g/mol. The fraction of sp³-hybridized carbons (Fsp3) is 0.741. The highest BCUT2D eigenvalue weighted by molar-refractivity contribution is 5.83. The molecule has 174 valence electrons. The van der Waals surface area contributed by atoms with E-state index in [0.717, 1.165) is 82.8 Å². The van der Waals surface area contributed by atoms with Crippen molar-refractivity contribution in [2.24, 2.45) is 23.2 Å². The molecular weight excluding hydrogens is 398 g/mol. The molecule has 4 aliphatic carbocycles. The molecule has 1 saturated heterocycles. The number of nitrogens with zero attached hydrogens (tertiary/aromatic N) is 2. The van der Waals surface area contributed by atoms with E-state index in [4.69, 9.17) is 4.74 Å². The molecule has 1 atom stereocenters. The predicted molar refractivity (Wildman–Crippen MR) is 127 cm³/mol. The number of nitrogens with one attached hydrogen (secondary N) is 1. The van der Waals surface area contributed by atoms with Crippen molar-refractivity contribution in [1.82, 2.24) is 10.2 Å². The first-order valence-corrected chi connectivity index (χ1v) is 13.0. The number of ether oxygens (including phenoxy) is 1. The molecule has 5 nitrogen and oxygen atoms in total. The van der Waals surface area contributed by atoms with Gasteiger partial charge in [-0.15, -0.1) is 0 Å². The maximum Gasteiger partial charge on any atom is 0.226 e. The highest BCUT2D eigenvalue weighted by Crippen LogP contribution is 2.60. The molecule has 2 heterocycles. The van der Waals surface area contributed by atoms with Crippen LogP contribution in [0.15, 0.2) is 18.2 Å². The number of aryl methyl sites for hydroxylation is 1. The van der Waals surface area contributed by atoms with E-state index in [-0.39, 0.29) is 11.5 Å². The van der Waals surface area contributed by atoms with E-state index >= 15 is 0 Å². The first-order chi connectivity index (χ1) is 15.6. The lowest BCUT2D eigenvalue weighted by atomic mass is 9.49. The Morgan fingerprint density at radius 3 is 2.47 bits per heavy atom. The van der Waals surface area contributed by atoms with Crippen molar-refractivity contribution in [3.8, 4) is 0 Å². The summed E-state index contributed by atoms with van der Waals surface area (Å²) in [6, 6.07) is 7.26. The zero-order valence-electron chi connectivity index (χ0n) is 19.7. The molecule has 1 aromatic carbocycles. The molecule has 0 spiro atoms. The fourth-order valence-electron chi connectivity index (χ4n) is 8.12. The van der Waals surface area contributed by atoms with E-state index in [1.165, 1.54) is 42.5 Å². The average Bonchev–Trinajstić information content (AvgIpc) is 2.79. The minimum atomic E-state index is -0.0666. The molecular formula is C27H39N3O2. The summed E-state index contributed by atoms with van der Waals surface area (Å²) in [4.78, 5) is 18.5. The van der Waals surface area contributed by atoms with Gasteiger partial charge in [0.2, 0.25) is 5.91 Å². The van der Waals surface area contributed by atoms with Crippen LogP contribution in [0.2, 0.25) is 0 Å². The monoisotopic (exact) mass is 437 g/mol. The Balaban J connectivity index is 1.21. The smallest absolute Gasteiger partial charge is 0.226 e. The zero-order chi connectivity index (χ0) is 21.7. The SMILES string of the molecule is CN1CCCc2cc([C@@H](CNC(=O)C34CC5CC(CC(C5)C3)C4)N3CCOCC3)ccc21. The Morgan fingerprint density at radius 1 is 1.09 bits per heavy atom. The lowest BCUT2D eigenvalue weighted by Crippen LogP contribution is -2.54. The van der Waals surface area contributed by atoms with Gasteiger partial charge in [-0.05, 0) is 86.3 Å². The summed E-state index contributed by atoms with van der Waals surface area (Å²) < 4.78 is 5.64. The van der Waals surface area contributed by atoms with Crippen LogP contribution in [0.25, 0.3) is 0 Å². The van der Waals surface area contributed by atoms with Crippen LogP contribution in [0.3, 0.4) is 0 Å². The van der Waals surface area contributed by atoms with Gasteiger partial charge in [-0.3, -0.25) is 9.69 Å². The topological polar surface area (TPSA) is 44.8 Å². The molecule has 32 heavy (non-hydrogen) atoms. The highest BCUT2D eigenvalue weighted by Gasteiger charge is 2.54. The van der Waals surface area contributed by atoms with Crippen LogP contribution in [0.1, 0.15) is 62.1 Å². The van der Waals surface area contributed by atoms with E-state index in [9.17, 15) is 4.79 Å². The number of carbonyl (C=O) groups excluding carboxylic acids is 1. The molecule has 4 saturated carbocycles. The van der Waals surface area contributed by atoms with Gasteiger partial charge in [0, 0.05) is 44.3 Å². The normalized spacial score (nSPS) is 34.9. The third kappa shape index (κ3) is 3.75. The van der Waals surface area contributed by atoms with Crippen molar-refractivity contribution >= 4 is 11.6 Å². The molecule has 2 aliphatic heterocycles. The van der Waals surface area contributed by atoms with Crippen LogP contribution < -0.4 is 10.2 Å². The van der Waals surface area contributed by atoms with E-state index in [0.29, 0.717) is 5.91 Å². The minimum absolute atomic E-state index is 0.0666. The van der Waals surface area contributed by atoms with Crippen LogP contribution in [0.4, 0.5) is 5.69 Å². The molecule has 5 heteroatoms. The quantitative estimate of drug-likeness (QED) is 0.762. The number of rotatable bonds is 5. The standard InChI is InChI=1S/C27H39N3O2/c1-29-6-2-3-22-14-23(4-5-24(22)29)25(30-7-9-32-10-8-30)18-28-26(31)27-15-19-11-20(16-27)13-21(12-19)17-27/h4-5,14,19-21,25H,2-3,6-13,15-18H2,1H3,(H,28,31)/t19?,20?,21?,25-,27?/m1/s1. The molecule has 1 aromatic rings. The maximum absolute atomic E-state index is 13.6. The van der Waals surface area contributed by atoms with Crippen molar-refractivity contribution in [2.75, 3.05) is 51.3 Å². The minimum Gasteiger partial charge on any atom is -0.379 e. The summed E-state index contributed by atoms with van der Waals surface area (Å²) in [5.41, 5.74) is 4.12. The van der Waals surface area contributed by atoms with Crippen LogP contribution in [-0.2, 0) is 16.0 Å². The molecule has 1 N–H and O–H groups in total. The molecule has 6 aliphatic rings. The zero-order valence-corrected chi connectivity index (χ0v) is 19.7. The number of morpholine rings is 1. The maximum atomic E-state index is 13.6. The fourth-order valence-corrected chi connectivity index (χ4v) is 8.12. The predicted octanol–water partition coefficient (Wildman–Crippen LogP) is 3.77. The van der Waals surface area contributed by atoms with Gasteiger partial charge in [0.25, 0.3) is 0 Å². The van der Waals surface area contributed by atoms with Crippen LogP contribution in [-0.4, -0.2) is 57.2 Å². The number of carbonyl (C=O) groups is 1. The molecule has 0 unspecified atom stereocenters.